The van der Waals surface area contributed by atoms with Crippen LogP contribution in [0.4, 0.5) is 0 Å². The van der Waals surface area contributed by atoms with Gasteiger partial charge in [-0.05, 0) is 36.4 Å². The third kappa shape index (κ3) is 3.54. The number of halogens is 2. The topological polar surface area (TPSA) is 21.6 Å². The van der Waals surface area contributed by atoms with Gasteiger partial charge < -0.3 is 4.74 Å². The Labute approximate surface area is 138 Å². The summed E-state index contributed by atoms with van der Waals surface area (Å²) in [5, 5.41) is 2.35. The molecule has 1 aliphatic heterocycles. The van der Waals surface area contributed by atoms with Gasteiger partial charge in [-0.3, -0.25) is 4.99 Å². The van der Waals surface area contributed by atoms with Crippen LogP contribution in [-0.2, 0) is 6.61 Å². The van der Waals surface area contributed by atoms with E-state index < -0.39 is 0 Å². The third-order valence-electron chi connectivity index (χ3n) is 3.13. The van der Waals surface area contributed by atoms with Gasteiger partial charge in [0.05, 0.1) is 5.04 Å². The summed E-state index contributed by atoms with van der Waals surface area (Å²) in [5.41, 5.74) is 1.95. The fraction of sp³-hybridized carbons (Fsp3) is 0.188. The van der Waals surface area contributed by atoms with E-state index in [0.29, 0.717) is 16.7 Å². The van der Waals surface area contributed by atoms with E-state index in [1.54, 1.807) is 11.8 Å². The minimum atomic E-state index is 0.355. The Morgan fingerprint density at radius 1 is 1.05 bits per heavy atom. The minimum Gasteiger partial charge on any atom is -0.489 e. The number of hydrogen-bond acceptors (Lipinski definition) is 3. The van der Waals surface area contributed by atoms with Gasteiger partial charge >= 0.3 is 0 Å². The molecule has 0 saturated heterocycles. The van der Waals surface area contributed by atoms with Crippen molar-refractivity contribution in [2.45, 2.75) is 6.61 Å². The summed E-state index contributed by atoms with van der Waals surface area (Å²) in [6.45, 7) is 1.26. The number of rotatable bonds is 4. The van der Waals surface area contributed by atoms with E-state index in [1.165, 1.54) is 0 Å². The van der Waals surface area contributed by atoms with Gasteiger partial charge in [-0.1, -0.05) is 29.3 Å². The molecule has 1 heterocycles. The highest BCUT2D eigenvalue weighted by molar-refractivity contribution is 8.14. The molecule has 3 rings (SSSR count). The molecule has 0 spiro atoms. The van der Waals surface area contributed by atoms with Crippen LogP contribution >= 0.6 is 35.0 Å². The van der Waals surface area contributed by atoms with Crippen molar-refractivity contribution in [2.24, 2.45) is 4.99 Å². The number of hydrogen-bond donors (Lipinski definition) is 0. The lowest BCUT2D eigenvalue weighted by Gasteiger charge is -2.10. The van der Waals surface area contributed by atoms with Crippen LogP contribution in [0, 0.1) is 0 Å². The van der Waals surface area contributed by atoms with Crippen molar-refractivity contribution in [3.63, 3.8) is 0 Å². The van der Waals surface area contributed by atoms with Crippen LogP contribution in [0.3, 0.4) is 0 Å². The largest absolute Gasteiger partial charge is 0.489 e. The van der Waals surface area contributed by atoms with Gasteiger partial charge in [0.2, 0.25) is 0 Å². The van der Waals surface area contributed by atoms with Crippen molar-refractivity contribution in [3.05, 3.63) is 63.6 Å². The predicted octanol–water partition coefficient (Wildman–Crippen LogP) is 5.07. The first-order chi connectivity index (χ1) is 10.2. The van der Waals surface area contributed by atoms with E-state index in [4.69, 9.17) is 27.9 Å². The van der Waals surface area contributed by atoms with Crippen LogP contribution in [0.1, 0.15) is 11.1 Å². The van der Waals surface area contributed by atoms with E-state index in [0.717, 1.165) is 34.2 Å². The summed E-state index contributed by atoms with van der Waals surface area (Å²) in [5.74, 6) is 1.86. The quantitative estimate of drug-likeness (QED) is 0.777. The van der Waals surface area contributed by atoms with Crippen molar-refractivity contribution < 1.29 is 4.74 Å². The first kappa shape index (κ1) is 14.8. The molecule has 0 unspecified atom stereocenters. The molecule has 0 aliphatic carbocycles. The molecule has 21 heavy (non-hydrogen) atoms. The highest BCUT2D eigenvalue weighted by atomic mass is 35.5. The minimum absolute atomic E-state index is 0.355. The lowest BCUT2D eigenvalue weighted by atomic mass is 10.2. The summed E-state index contributed by atoms with van der Waals surface area (Å²) >= 11 is 14.0. The maximum Gasteiger partial charge on any atom is 0.119 e. The Balaban J connectivity index is 1.68. The molecule has 0 amide bonds. The highest BCUT2D eigenvalue weighted by Gasteiger charge is 2.10. The molecule has 0 N–H and O–H groups in total. The zero-order chi connectivity index (χ0) is 14.7. The molecule has 0 saturated carbocycles. The fourth-order valence-corrected chi connectivity index (χ4v) is 3.40. The maximum absolute atomic E-state index is 6.12. The van der Waals surface area contributed by atoms with Gasteiger partial charge in [0.15, 0.2) is 0 Å². The monoisotopic (exact) mass is 337 g/mol. The Morgan fingerprint density at radius 2 is 1.76 bits per heavy atom. The molecule has 2 aromatic rings. The first-order valence-corrected chi connectivity index (χ1v) is 8.31. The number of nitrogens with zero attached hydrogens (tertiary/aromatic N) is 1. The van der Waals surface area contributed by atoms with E-state index in [2.05, 4.69) is 4.99 Å². The molecule has 0 radical (unpaired) electrons. The van der Waals surface area contributed by atoms with Gasteiger partial charge in [0, 0.05) is 33.5 Å². The van der Waals surface area contributed by atoms with E-state index in [9.17, 15) is 0 Å². The molecule has 2 aromatic carbocycles. The molecular weight excluding hydrogens is 325 g/mol. The number of aliphatic imine (C=N–C) groups is 1. The molecule has 0 bridgehead atoms. The van der Waals surface area contributed by atoms with Crippen molar-refractivity contribution >= 4 is 40.0 Å². The van der Waals surface area contributed by atoms with E-state index in [-0.39, 0.29) is 0 Å². The lowest BCUT2D eigenvalue weighted by Crippen LogP contribution is -1.98. The number of thioether (sulfide) groups is 1. The average molecular weight is 338 g/mol. The van der Waals surface area contributed by atoms with Crippen molar-refractivity contribution in [1.29, 1.82) is 0 Å². The number of benzene rings is 2. The van der Waals surface area contributed by atoms with Gasteiger partial charge in [-0.2, -0.15) is 0 Å². The van der Waals surface area contributed by atoms with Gasteiger partial charge in [-0.15, -0.1) is 11.8 Å². The summed E-state index contributed by atoms with van der Waals surface area (Å²) in [6.07, 6.45) is 0. The second-order valence-corrected chi connectivity index (χ2v) is 6.45. The standard InChI is InChI=1S/C16H13Cl2NOS/c17-14-2-1-3-15(18)13(14)10-20-12-6-4-11(5-7-12)16-19-8-9-21-16/h1-7H,8-10H2. The van der Waals surface area contributed by atoms with Crippen molar-refractivity contribution in [3.8, 4) is 5.75 Å². The lowest BCUT2D eigenvalue weighted by molar-refractivity contribution is 0.306. The van der Waals surface area contributed by atoms with Gasteiger partial charge in [0.25, 0.3) is 0 Å². The van der Waals surface area contributed by atoms with Crippen LogP contribution in [0.15, 0.2) is 47.5 Å². The summed E-state index contributed by atoms with van der Waals surface area (Å²) in [4.78, 5) is 4.46. The SMILES string of the molecule is Clc1cccc(Cl)c1COc1ccc(C2=NCCS2)cc1. The average Bonchev–Trinajstić information content (AvgIpc) is 3.02. The zero-order valence-electron chi connectivity index (χ0n) is 11.2. The van der Waals surface area contributed by atoms with E-state index in [1.807, 2.05) is 42.5 Å². The predicted molar refractivity (Wildman–Crippen MR) is 91.1 cm³/mol. The summed E-state index contributed by atoms with van der Waals surface area (Å²) in [7, 11) is 0. The highest BCUT2D eigenvalue weighted by Crippen LogP contribution is 2.26. The van der Waals surface area contributed by atoms with Crippen LogP contribution in [0.25, 0.3) is 0 Å². The molecular formula is C16H13Cl2NOS. The molecule has 2 nitrogen and oxygen atoms in total. The Bertz CT molecular complexity index is 650. The molecule has 108 valence electrons. The fourth-order valence-electron chi connectivity index (χ4n) is 2.03. The number of ether oxygens (including phenoxy) is 1. The molecule has 0 aromatic heterocycles. The van der Waals surface area contributed by atoms with Crippen LogP contribution in [0.5, 0.6) is 5.75 Å². The van der Waals surface area contributed by atoms with Crippen LogP contribution < -0.4 is 4.74 Å². The second kappa shape index (κ2) is 6.73. The third-order valence-corrected chi connectivity index (χ3v) is 4.86. The van der Waals surface area contributed by atoms with Gasteiger partial charge in [0.1, 0.15) is 12.4 Å². The van der Waals surface area contributed by atoms with E-state index >= 15 is 0 Å². The van der Waals surface area contributed by atoms with Crippen molar-refractivity contribution in [2.75, 3.05) is 12.3 Å². The zero-order valence-corrected chi connectivity index (χ0v) is 13.5. The van der Waals surface area contributed by atoms with Crippen LogP contribution in [0.2, 0.25) is 10.0 Å². The molecule has 5 heteroatoms. The van der Waals surface area contributed by atoms with Gasteiger partial charge in [-0.25, -0.2) is 0 Å². The van der Waals surface area contributed by atoms with Crippen molar-refractivity contribution in [1.82, 2.24) is 0 Å². The summed E-state index contributed by atoms with van der Waals surface area (Å²) in [6, 6.07) is 13.4. The maximum atomic E-state index is 6.12. The molecule has 0 atom stereocenters. The molecule has 0 fully saturated rings. The Morgan fingerprint density at radius 3 is 2.38 bits per heavy atom. The summed E-state index contributed by atoms with van der Waals surface area (Å²) < 4.78 is 5.76. The second-order valence-electron chi connectivity index (χ2n) is 4.55. The first-order valence-electron chi connectivity index (χ1n) is 6.57. The van der Waals surface area contributed by atoms with Crippen LogP contribution in [-0.4, -0.2) is 17.3 Å². The molecule has 1 aliphatic rings. The smallest absolute Gasteiger partial charge is 0.119 e. The Kier molecular flexibility index (Phi) is 4.73. The Hall–Kier alpha value is -1.16. The normalized spacial score (nSPS) is 14.1.